The molecule has 1 aliphatic heterocycles. The van der Waals surface area contributed by atoms with E-state index in [0.29, 0.717) is 23.6 Å². The number of hydrogen-bond acceptors (Lipinski definition) is 3. The molecule has 1 heterocycles. The van der Waals surface area contributed by atoms with E-state index in [4.69, 9.17) is 16.7 Å². The molecule has 1 aliphatic rings. The lowest BCUT2D eigenvalue weighted by molar-refractivity contribution is -0.147. The number of amides is 3. The highest BCUT2D eigenvalue weighted by Crippen LogP contribution is 2.29. The number of carboxylic acids is 1. The first kappa shape index (κ1) is 18.1. The van der Waals surface area contributed by atoms with Crippen LogP contribution < -0.4 is 10.6 Å². The molecule has 0 aromatic heterocycles. The second-order valence-electron chi connectivity index (χ2n) is 6.03. The first-order valence-corrected chi connectivity index (χ1v) is 7.99. The first-order valence-electron chi connectivity index (χ1n) is 7.62. The molecule has 0 spiro atoms. The van der Waals surface area contributed by atoms with Gasteiger partial charge in [0.1, 0.15) is 0 Å². The monoisotopic (exact) mass is 353 g/mol. The lowest BCUT2D eigenvalue weighted by Gasteiger charge is -2.20. The highest BCUT2D eigenvalue weighted by Gasteiger charge is 2.42. The Hall–Kier alpha value is -2.28. The van der Waals surface area contributed by atoms with Gasteiger partial charge in [-0.05, 0) is 37.6 Å². The van der Waals surface area contributed by atoms with Gasteiger partial charge >= 0.3 is 12.0 Å². The smallest absolute Gasteiger partial charge is 0.317 e. The fourth-order valence-corrected chi connectivity index (χ4v) is 2.60. The Kier molecular flexibility index (Phi) is 5.66. The van der Waals surface area contributed by atoms with Crippen LogP contribution in [0.3, 0.4) is 0 Å². The number of likely N-dealkylation sites (tertiary alicyclic amines) is 1. The Morgan fingerprint density at radius 2 is 1.83 bits per heavy atom. The third-order valence-electron chi connectivity index (χ3n) is 4.07. The number of aliphatic carboxylic acids is 1. The number of carbonyl (C=O) groups excluding carboxylic acids is 2. The van der Waals surface area contributed by atoms with Gasteiger partial charge in [0.15, 0.2) is 0 Å². The van der Waals surface area contributed by atoms with E-state index >= 15 is 0 Å². The SMILES string of the molecule is CC1(C(=O)O)CCN(C(=O)NCCNC(=O)c2ccc(Cl)cc2)C1. The van der Waals surface area contributed by atoms with Gasteiger partial charge < -0.3 is 20.6 Å². The van der Waals surface area contributed by atoms with Gasteiger partial charge in [-0.15, -0.1) is 0 Å². The summed E-state index contributed by atoms with van der Waals surface area (Å²) in [6.07, 6.45) is 0.434. The standard InChI is InChI=1S/C16H20ClN3O4/c1-16(14(22)23)6-9-20(10-16)15(24)19-8-7-18-13(21)11-2-4-12(17)5-3-11/h2-5H,6-10H2,1H3,(H,18,21)(H,19,24)(H,22,23). The summed E-state index contributed by atoms with van der Waals surface area (Å²) < 4.78 is 0. The summed E-state index contributed by atoms with van der Waals surface area (Å²) in [7, 11) is 0. The summed E-state index contributed by atoms with van der Waals surface area (Å²) in [6, 6.07) is 6.18. The number of benzene rings is 1. The molecule has 0 aliphatic carbocycles. The summed E-state index contributed by atoms with van der Waals surface area (Å²) in [6.45, 7) is 2.77. The van der Waals surface area contributed by atoms with Crippen molar-refractivity contribution in [2.24, 2.45) is 5.41 Å². The van der Waals surface area contributed by atoms with Crippen molar-refractivity contribution in [2.45, 2.75) is 13.3 Å². The highest BCUT2D eigenvalue weighted by molar-refractivity contribution is 6.30. The van der Waals surface area contributed by atoms with Crippen molar-refractivity contribution in [1.29, 1.82) is 0 Å². The van der Waals surface area contributed by atoms with Gasteiger partial charge in [-0.2, -0.15) is 0 Å². The molecule has 1 atom stereocenters. The van der Waals surface area contributed by atoms with Crippen LogP contribution in [0.2, 0.25) is 5.02 Å². The fraction of sp³-hybridized carbons (Fsp3) is 0.438. The molecule has 130 valence electrons. The molecule has 1 saturated heterocycles. The van der Waals surface area contributed by atoms with Gasteiger partial charge in [0.05, 0.1) is 5.41 Å². The number of carbonyl (C=O) groups is 3. The van der Waals surface area contributed by atoms with E-state index in [1.54, 1.807) is 31.2 Å². The lowest BCUT2D eigenvalue weighted by Crippen LogP contribution is -2.43. The maximum atomic E-state index is 12.0. The summed E-state index contributed by atoms with van der Waals surface area (Å²) in [4.78, 5) is 36.5. The normalized spacial score (nSPS) is 19.8. The third kappa shape index (κ3) is 4.38. The van der Waals surface area contributed by atoms with Crippen molar-refractivity contribution < 1.29 is 19.5 Å². The van der Waals surface area contributed by atoms with E-state index in [0.717, 1.165) is 0 Å². The zero-order chi connectivity index (χ0) is 17.7. The van der Waals surface area contributed by atoms with Gasteiger partial charge in [-0.25, -0.2) is 4.79 Å². The van der Waals surface area contributed by atoms with Crippen LogP contribution in [-0.2, 0) is 4.79 Å². The molecule has 2 rings (SSSR count). The van der Waals surface area contributed by atoms with E-state index in [-0.39, 0.29) is 31.6 Å². The maximum Gasteiger partial charge on any atom is 0.317 e. The molecule has 8 heteroatoms. The molecular formula is C16H20ClN3O4. The zero-order valence-electron chi connectivity index (χ0n) is 13.3. The van der Waals surface area contributed by atoms with E-state index in [2.05, 4.69) is 10.6 Å². The molecule has 1 aromatic rings. The second kappa shape index (κ2) is 7.53. The molecule has 24 heavy (non-hydrogen) atoms. The van der Waals surface area contributed by atoms with Crippen molar-refractivity contribution in [3.05, 3.63) is 34.9 Å². The number of nitrogens with one attached hydrogen (secondary N) is 2. The van der Waals surface area contributed by atoms with Crippen LogP contribution in [0.25, 0.3) is 0 Å². The zero-order valence-corrected chi connectivity index (χ0v) is 14.1. The molecule has 3 amide bonds. The molecule has 0 radical (unpaired) electrons. The third-order valence-corrected chi connectivity index (χ3v) is 4.32. The number of hydrogen-bond donors (Lipinski definition) is 3. The summed E-state index contributed by atoms with van der Waals surface area (Å²) in [5, 5.41) is 15.1. The number of carboxylic acid groups (broad SMARTS) is 1. The van der Waals surface area contributed by atoms with Crippen molar-refractivity contribution in [3.63, 3.8) is 0 Å². The first-order chi connectivity index (χ1) is 11.3. The largest absolute Gasteiger partial charge is 0.481 e. The quantitative estimate of drug-likeness (QED) is 0.700. The van der Waals surface area contributed by atoms with Crippen molar-refractivity contribution >= 4 is 29.5 Å². The highest BCUT2D eigenvalue weighted by atomic mass is 35.5. The summed E-state index contributed by atoms with van der Waals surface area (Å²) >= 11 is 5.76. The topological polar surface area (TPSA) is 98.7 Å². The van der Waals surface area contributed by atoms with Crippen molar-refractivity contribution in [2.75, 3.05) is 26.2 Å². The Morgan fingerprint density at radius 1 is 1.21 bits per heavy atom. The second-order valence-corrected chi connectivity index (χ2v) is 6.47. The summed E-state index contributed by atoms with van der Waals surface area (Å²) in [5.41, 5.74) is -0.400. The van der Waals surface area contributed by atoms with Gasteiger partial charge in [-0.3, -0.25) is 9.59 Å². The Bertz CT molecular complexity index is 635. The van der Waals surface area contributed by atoms with E-state index < -0.39 is 11.4 Å². The average molecular weight is 354 g/mol. The van der Waals surface area contributed by atoms with Gasteiger partial charge in [0, 0.05) is 36.8 Å². The van der Waals surface area contributed by atoms with Crippen LogP contribution in [-0.4, -0.2) is 54.1 Å². The Morgan fingerprint density at radius 3 is 2.42 bits per heavy atom. The minimum absolute atomic E-state index is 0.186. The van der Waals surface area contributed by atoms with E-state index in [9.17, 15) is 14.4 Å². The molecule has 1 fully saturated rings. The van der Waals surface area contributed by atoms with Gasteiger partial charge in [0.2, 0.25) is 0 Å². The molecule has 1 unspecified atom stereocenters. The molecule has 3 N–H and O–H groups in total. The van der Waals surface area contributed by atoms with Crippen LogP contribution in [0.5, 0.6) is 0 Å². The number of halogens is 1. The average Bonchev–Trinajstić information content (AvgIpc) is 2.96. The van der Waals surface area contributed by atoms with E-state index in [1.165, 1.54) is 4.90 Å². The van der Waals surface area contributed by atoms with Crippen LogP contribution in [0.4, 0.5) is 4.79 Å². The molecule has 0 bridgehead atoms. The number of rotatable bonds is 5. The number of urea groups is 1. The molecular weight excluding hydrogens is 334 g/mol. The maximum absolute atomic E-state index is 12.0. The predicted octanol–water partition coefficient (Wildman–Crippen LogP) is 1.58. The van der Waals surface area contributed by atoms with Crippen LogP contribution in [0, 0.1) is 5.41 Å². The molecule has 0 saturated carbocycles. The van der Waals surface area contributed by atoms with Crippen LogP contribution >= 0.6 is 11.6 Å². The Labute approximate surface area is 145 Å². The summed E-state index contributed by atoms with van der Waals surface area (Å²) in [5.74, 6) is -1.14. The van der Waals surface area contributed by atoms with Gasteiger partial charge in [0.25, 0.3) is 5.91 Å². The predicted molar refractivity (Wildman–Crippen MR) is 89.1 cm³/mol. The van der Waals surface area contributed by atoms with E-state index in [1.807, 2.05) is 0 Å². The molecule has 7 nitrogen and oxygen atoms in total. The van der Waals surface area contributed by atoms with Crippen LogP contribution in [0.1, 0.15) is 23.7 Å². The van der Waals surface area contributed by atoms with Gasteiger partial charge in [-0.1, -0.05) is 11.6 Å². The minimum Gasteiger partial charge on any atom is -0.481 e. The van der Waals surface area contributed by atoms with Crippen molar-refractivity contribution in [3.8, 4) is 0 Å². The molecule has 1 aromatic carbocycles. The number of nitrogens with zero attached hydrogens (tertiary/aromatic N) is 1. The lowest BCUT2D eigenvalue weighted by atomic mass is 9.90. The minimum atomic E-state index is -0.895. The van der Waals surface area contributed by atoms with Crippen LogP contribution in [0.15, 0.2) is 24.3 Å². The Balaban J connectivity index is 1.71. The fourth-order valence-electron chi connectivity index (χ4n) is 2.47. The van der Waals surface area contributed by atoms with Crippen molar-refractivity contribution in [1.82, 2.24) is 15.5 Å².